The highest BCUT2D eigenvalue weighted by atomic mass is 19.1. The van der Waals surface area contributed by atoms with Crippen LogP contribution in [-0.2, 0) is 0 Å². The Morgan fingerprint density at radius 1 is 1.79 bits per heavy atom. The van der Waals surface area contributed by atoms with E-state index in [0.717, 1.165) is 10.5 Å². The van der Waals surface area contributed by atoms with Crippen molar-refractivity contribution in [1.29, 1.82) is 0 Å². The van der Waals surface area contributed by atoms with Crippen LogP contribution in [0.3, 0.4) is 0 Å². The fraction of sp³-hybridized carbons (Fsp3) is 0.556. The molecular weight excluding hydrogens is 187 g/mol. The lowest BCUT2D eigenvalue weighted by atomic mass is 10.1. The zero-order valence-electron chi connectivity index (χ0n) is 7.77. The summed E-state index contributed by atoms with van der Waals surface area (Å²) in [7, 11) is 0. The quantitative estimate of drug-likeness (QED) is 0.643. The van der Waals surface area contributed by atoms with Crippen LogP contribution < -0.4 is 0 Å². The second-order valence-electron chi connectivity index (χ2n) is 3.61. The van der Waals surface area contributed by atoms with Gasteiger partial charge in [0.05, 0.1) is 5.70 Å². The molecule has 2 aliphatic rings. The minimum atomic E-state index is -1.16. The van der Waals surface area contributed by atoms with Crippen molar-refractivity contribution in [3.8, 4) is 0 Å². The standard InChI is InChI=1S/C9H11FN2O2/c1-5-2-7(10)8-6(5)3-11-4-12(8)9(13)14/h3,5,7H,2,4H2,1H3,(H,13,14)/t5-,7+/m1/s1. The first-order valence-corrected chi connectivity index (χ1v) is 4.49. The molecular formula is C9H11FN2O2. The van der Waals surface area contributed by atoms with Gasteiger partial charge in [0.2, 0.25) is 0 Å². The molecule has 2 rings (SSSR count). The first-order valence-electron chi connectivity index (χ1n) is 4.49. The molecule has 0 radical (unpaired) electrons. The fourth-order valence-corrected chi connectivity index (χ4v) is 1.96. The van der Waals surface area contributed by atoms with E-state index >= 15 is 0 Å². The molecule has 14 heavy (non-hydrogen) atoms. The Morgan fingerprint density at radius 3 is 3.14 bits per heavy atom. The van der Waals surface area contributed by atoms with Crippen molar-refractivity contribution >= 4 is 12.3 Å². The van der Waals surface area contributed by atoms with Gasteiger partial charge in [-0.2, -0.15) is 0 Å². The van der Waals surface area contributed by atoms with Gasteiger partial charge in [-0.25, -0.2) is 9.18 Å². The summed E-state index contributed by atoms with van der Waals surface area (Å²) in [5, 5.41) is 8.84. The molecule has 76 valence electrons. The summed E-state index contributed by atoms with van der Waals surface area (Å²) in [4.78, 5) is 15.7. The van der Waals surface area contributed by atoms with Crippen LogP contribution in [0.4, 0.5) is 9.18 Å². The number of alkyl halides is 1. The van der Waals surface area contributed by atoms with Crippen LogP contribution in [0.2, 0.25) is 0 Å². The average molecular weight is 198 g/mol. The molecule has 1 aliphatic carbocycles. The number of aliphatic imine (C=N–C) groups is 1. The van der Waals surface area contributed by atoms with Crippen LogP contribution in [-0.4, -0.2) is 35.2 Å². The maximum absolute atomic E-state index is 13.5. The first-order chi connectivity index (χ1) is 6.61. The third-order valence-corrected chi connectivity index (χ3v) is 2.66. The molecule has 1 aliphatic heterocycles. The lowest BCUT2D eigenvalue weighted by Gasteiger charge is -2.23. The van der Waals surface area contributed by atoms with Crippen molar-refractivity contribution in [3.05, 3.63) is 11.3 Å². The SMILES string of the molecule is C[C@@H]1C[C@H](F)C2=C1C=NCN2C(=O)O. The second kappa shape index (κ2) is 3.08. The van der Waals surface area contributed by atoms with Gasteiger partial charge in [-0.15, -0.1) is 0 Å². The summed E-state index contributed by atoms with van der Waals surface area (Å²) in [5.74, 6) is 0.0610. The maximum atomic E-state index is 13.5. The predicted molar refractivity (Wildman–Crippen MR) is 48.9 cm³/mol. The number of carbonyl (C=O) groups is 1. The van der Waals surface area contributed by atoms with E-state index in [4.69, 9.17) is 5.11 Å². The highest BCUT2D eigenvalue weighted by Gasteiger charge is 2.37. The summed E-state index contributed by atoms with van der Waals surface area (Å²) < 4.78 is 13.5. The predicted octanol–water partition coefficient (Wildman–Crippen LogP) is 1.64. The lowest BCUT2D eigenvalue weighted by Crippen LogP contribution is -2.34. The molecule has 5 heteroatoms. The Balaban J connectivity index is 2.40. The van der Waals surface area contributed by atoms with Gasteiger partial charge in [0.1, 0.15) is 12.8 Å². The van der Waals surface area contributed by atoms with Crippen LogP contribution in [0.1, 0.15) is 13.3 Å². The molecule has 0 aromatic heterocycles. The zero-order chi connectivity index (χ0) is 10.3. The molecule has 0 fully saturated rings. The number of nitrogens with zero attached hydrogens (tertiary/aromatic N) is 2. The largest absolute Gasteiger partial charge is 0.465 e. The first kappa shape index (κ1) is 9.18. The van der Waals surface area contributed by atoms with Crippen LogP contribution in [0.5, 0.6) is 0 Å². The second-order valence-corrected chi connectivity index (χ2v) is 3.61. The van der Waals surface area contributed by atoms with E-state index in [2.05, 4.69) is 4.99 Å². The van der Waals surface area contributed by atoms with Gasteiger partial charge in [0, 0.05) is 6.21 Å². The molecule has 1 heterocycles. The van der Waals surface area contributed by atoms with Crippen molar-refractivity contribution in [2.45, 2.75) is 19.5 Å². The van der Waals surface area contributed by atoms with E-state index < -0.39 is 12.3 Å². The number of amides is 1. The van der Waals surface area contributed by atoms with Crippen LogP contribution in [0.15, 0.2) is 16.3 Å². The van der Waals surface area contributed by atoms with Crippen LogP contribution in [0, 0.1) is 5.92 Å². The molecule has 1 amide bonds. The highest BCUT2D eigenvalue weighted by Crippen LogP contribution is 2.36. The number of hydrogen-bond donors (Lipinski definition) is 1. The lowest BCUT2D eigenvalue weighted by molar-refractivity contribution is 0.151. The Morgan fingerprint density at radius 2 is 2.50 bits per heavy atom. The van der Waals surface area contributed by atoms with E-state index in [9.17, 15) is 9.18 Å². The maximum Gasteiger partial charge on any atom is 0.413 e. The molecule has 0 unspecified atom stereocenters. The van der Waals surface area contributed by atoms with Gasteiger partial charge < -0.3 is 5.11 Å². The number of hydrogen-bond acceptors (Lipinski definition) is 2. The van der Waals surface area contributed by atoms with Crippen molar-refractivity contribution < 1.29 is 14.3 Å². The van der Waals surface area contributed by atoms with Crippen molar-refractivity contribution in [3.63, 3.8) is 0 Å². The zero-order valence-corrected chi connectivity index (χ0v) is 7.77. The van der Waals surface area contributed by atoms with Crippen LogP contribution in [0.25, 0.3) is 0 Å². The molecule has 0 saturated heterocycles. The smallest absolute Gasteiger partial charge is 0.413 e. The van der Waals surface area contributed by atoms with Crippen molar-refractivity contribution in [2.75, 3.05) is 6.67 Å². The number of allylic oxidation sites excluding steroid dienone is 2. The third-order valence-electron chi connectivity index (χ3n) is 2.66. The summed E-state index contributed by atoms with van der Waals surface area (Å²) in [5.41, 5.74) is 1.02. The summed E-state index contributed by atoms with van der Waals surface area (Å²) in [6, 6.07) is 0. The van der Waals surface area contributed by atoms with Crippen molar-refractivity contribution in [1.82, 2.24) is 4.90 Å². The van der Waals surface area contributed by atoms with E-state index in [0.29, 0.717) is 12.1 Å². The Hall–Kier alpha value is -1.39. The van der Waals surface area contributed by atoms with E-state index in [1.165, 1.54) is 0 Å². The van der Waals surface area contributed by atoms with Gasteiger partial charge in [-0.05, 0) is 17.9 Å². The third kappa shape index (κ3) is 1.20. The van der Waals surface area contributed by atoms with Gasteiger partial charge >= 0.3 is 6.09 Å². The molecule has 2 atom stereocenters. The van der Waals surface area contributed by atoms with Crippen molar-refractivity contribution in [2.24, 2.45) is 10.9 Å². The molecule has 0 spiro atoms. The van der Waals surface area contributed by atoms with Gasteiger partial charge in [-0.3, -0.25) is 9.89 Å². The molecule has 0 bridgehead atoms. The number of carboxylic acid groups (broad SMARTS) is 1. The monoisotopic (exact) mass is 198 g/mol. The number of rotatable bonds is 0. The molecule has 1 N–H and O–H groups in total. The number of halogens is 1. The van der Waals surface area contributed by atoms with Gasteiger partial charge in [0.15, 0.2) is 0 Å². The molecule has 0 saturated carbocycles. The van der Waals surface area contributed by atoms with E-state index in [-0.39, 0.29) is 12.6 Å². The molecule has 4 nitrogen and oxygen atoms in total. The van der Waals surface area contributed by atoms with Crippen LogP contribution >= 0.6 is 0 Å². The molecule has 0 aromatic carbocycles. The Kier molecular flexibility index (Phi) is 2.02. The topological polar surface area (TPSA) is 52.9 Å². The molecule has 0 aromatic rings. The summed E-state index contributed by atoms with van der Waals surface area (Å²) in [6.45, 7) is 1.90. The normalized spacial score (nSPS) is 30.9. The minimum Gasteiger partial charge on any atom is -0.465 e. The van der Waals surface area contributed by atoms with Gasteiger partial charge in [-0.1, -0.05) is 6.92 Å². The highest BCUT2D eigenvalue weighted by molar-refractivity contribution is 5.85. The minimum absolute atomic E-state index is 0.0152. The fourth-order valence-electron chi connectivity index (χ4n) is 1.96. The van der Waals surface area contributed by atoms with Gasteiger partial charge in [0.25, 0.3) is 0 Å². The summed E-state index contributed by atoms with van der Waals surface area (Å²) >= 11 is 0. The average Bonchev–Trinajstić information content (AvgIpc) is 2.43. The Labute approximate surface area is 80.7 Å². The summed E-state index contributed by atoms with van der Waals surface area (Å²) in [6.07, 6.45) is -0.339. The van der Waals surface area contributed by atoms with E-state index in [1.54, 1.807) is 6.21 Å². The van der Waals surface area contributed by atoms with E-state index in [1.807, 2.05) is 6.92 Å². The Bertz CT molecular complexity index is 338.